The van der Waals surface area contributed by atoms with Gasteiger partial charge in [-0.25, -0.2) is 9.97 Å². The first-order valence-corrected chi connectivity index (χ1v) is 11.9. The van der Waals surface area contributed by atoms with Crippen LogP contribution in [0.25, 0.3) is 11.6 Å². The fraction of sp³-hybridized carbons (Fsp3) is 0.308. The van der Waals surface area contributed by atoms with Crippen molar-refractivity contribution in [3.63, 3.8) is 0 Å². The number of H-pyrrole nitrogens is 1. The molecule has 1 saturated heterocycles. The first-order chi connectivity index (χ1) is 17.1. The van der Waals surface area contributed by atoms with Gasteiger partial charge in [-0.2, -0.15) is 0 Å². The number of hydrogen-bond donors (Lipinski definition) is 3. The highest BCUT2D eigenvalue weighted by Gasteiger charge is 2.30. The van der Waals surface area contributed by atoms with E-state index in [9.17, 15) is 9.59 Å². The van der Waals surface area contributed by atoms with Crippen molar-refractivity contribution in [1.82, 2.24) is 19.9 Å². The summed E-state index contributed by atoms with van der Waals surface area (Å²) in [6.45, 7) is 4.14. The summed E-state index contributed by atoms with van der Waals surface area (Å²) >= 11 is 0. The standard InChI is InChI=1S/C26H26N6O3/c1-15-12-21(26(34)32-8-10-35-11-9-32)29-20(15)13-18-22-23(27-14-28-24(22)31-25(18)33)30-19-7-3-5-16-4-2-6-17(16)19/h3,5,7,12-14,29H,2,4,6,8-11H2,1H3,(H2,27,28,30,31,33)/b18-13-. The lowest BCUT2D eigenvalue weighted by Gasteiger charge is -2.26. The summed E-state index contributed by atoms with van der Waals surface area (Å²) in [5.74, 6) is 0.728. The first-order valence-electron chi connectivity index (χ1n) is 11.9. The van der Waals surface area contributed by atoms with Crippen LogP contribution in [-0.2, 0) is 22.4 Å². The van der Waals surface area contributed by atoms with Gasteiger partial charge in [-0.1, -0.05) is 12.1 Å². The molecule has 3 aliphatic rings. The van der Waals surface area contributed by atoms with Crippen LogP contribution in [0, 0.1) is 6.92 Å². The Kier molecular flexibility index (Phi) is 5.33. The minimum Gasteiger partial charge on any atom is -0.378 e. The molecule has 1 fully saturated rings. The molecule has 0 saturated carbocycles. The van der Waals surface area contributed by atoms with E-state index in [2.05, 4.69) is 31.7 Å². The van der Waals surface area contributed by atoms with Crippen molar-refractivity contribution >= 4 is 40.8 Å². The molecule has 2 aliphatic heterocycles. The van der Waals surface area contributed by atoms with E-state index in [4.69, 9.17) is 4.74 Å². The molecular formula is C26H26N6O3. The van der Waals surface area contributed by atoms with Gasteiger partial charge in [0.05, 0.1) is 24.4 Å². The number of nitrogens with one attached hydrogen (secondary N) is 3. The molecule has 2 amide bonds. The van der Waals surface area contributed by atoms with E-state index in [0.717, 1.165) is 30.5 Å². The third kappa shape index (κ3) is 3.87. The van der Waals surface area contributed by atoms with Gasteiger partial charge < -0.3 is 25.3 Å². The summed E-state index contributed by atoms with van der Waals surface area (Å²) in [5, 5.41) is 6.30. The summed E-state index contributed by atoms with van der Waals surface area (Å²) in [7, 11) is 0. The maximum absolute atomic E-state index is 12.9. The van der Waals surface area contributed by atoms with Crippen molar-refractivity contribution in [3.8, 4) is 0 Å². The van der Waals surface area contributed by atoms with E-state index in [0.29, 0.717) is 60.5 Å². The molecule has 9 nitrogen and oxygen atoms in total. The van der Waals surface area contributed by atoms with E-state index >= 15 is 0 Å². The van der Waals surface area contributed by atoms with Crippen LogP contribution in [0.1, 0.15) is 44.9 Å². The number of amides is 2. The predicted molar refractivity (Wildman–Crippen MR) is 133 cm³/mol. The minimum atomic E-state index is -0.253. The highest BCUT2D eigenvalue weighted by Crippen LogP contribution is 2.38. The Morgan fingerprint density at radius 2 is 2.06 bits per heavy atom. The van der Waals surface area contributed by atoms with Crippen molar-refractivity contribution < 1.29 is 14.3 Å². The predicted octanol–water partition coefficient (Wildman–Crippen LogP) is 3.31. The number of ether oxygens (including phenoxy) is 1. The SMILES string of the molecule is Cc1cc(C(=O)N2CCOCC2)[nH]c1/C=C1\C(=O)Nc2ncnc(Nc3cccc4c3CCC4)c21. The lowest BCUT2D eigenvalue weighted by molar-refractivity contribution is -0.110. The van der Waals surface area contributed by atoms with Crippen LogP contribution in [0.15, 0.2) is 30.6 Å². The number of carbonyl (C=O) groups is 2. The maximum atomic E-state index is 12.9. The summed E-state index contributed by atoms with van der Waals surface area (Å²) in [5.41, 5.74) is 6.82. The molecule has 0 unspecified atom stereocenters. The lowest BCUT2D eigenvalue weighted by atomic mass is 10.1. The zero-order chi connectivity index (χ0) is 23.9. The first kappa shape index (κ1) is 21.5. The lowest BCUT2D eigenvalue weighted by Crippen LogP contribution is -2.40. The molecule has 4 heterocycles. The van der Waals surface area contributed by atoms with E-state index in [-0.39, 0.29) is 11.8 Å². The van der Waals surface area contributed by atoms with Crippen molar-refractivity contribution in [1.29, 1.82) is 0 Å². The van der Waals surface area contributed by atoms with Gasteiger partial charge in [0, 0.05) is 24.5 Å². The van der Waals surface area contributed by atoms with Crippen LogP contribution in [0.4, 0.5) is 17.3 Å². The topological polar surface area (TPSA) is 112 Å². The fourth-order valence-corrected chi connectivity index (χ4v) is 5.04. The molecule has 35 heavy (non-hydrogen) atoms. The van der Waals surface area contributed by atoms with Gasteiger partial charge in [-0.05, 0) is 61.1 Å². The zero-order valence-electron chi connectivity index (χ0n) is 19.5. The van der Waals surface area contributed by atoms with Crippen LogP contribution < -0.4 is 10.6 Å². The normalized spacial score (nSPS) is 17.9. The third-order valence-corrected chi connectivity index (χ3v) is 6.86. The molecule has 0 atom stereocenters. The van der Waals surface area contributed by atoms with E-state index in [1.807, 2.05) is 25.1 Å². The van der Waals surface area contributed by atoms with Crippen LogP contribution in [0.2, 0.25) is 0 Å². The van der Waals surface area contributed by atoms with E-state index in [1.54, 1.807) is 11.0 Å². The number of carbonyl (C=O) groups excluding carboxylic acids is 2. The van der Waals surface area contributed by atoms with Crippen LogP contribution in [0.5, 0.6) is 0 Å². The molecule has 6 rings (SSSR count). The van der Waals surface area contributed by atoms with Crippen LogP contribution in [-0.4, -0.2) is 58.0 Å². The number of aromatic amines is 1. The number of fused-ring (bicyclic) bond motifs is 2. The quantitative estimate of drug-likeness (QED) is 0.505. The second-order valence-corrected chi connectivity index (χ2v) is 9.06. The average Bonchev–Trinajstić information content (AvgIpc) is 3.58. The monoisotopic (exact) mass is 470 g/mol. The highest BCUT2D eigenvalue weighted by molar-refractivity contribution is 6.35. The van der Waals surface area contributed by atoms with Gasteiger partial charge in [0.25, 0.3) is 11.8 Å². The Bertz CT molecular complexity index is 1370. The molecule has 3 aromatic rings. The van der Waals surface area contributed by atoms with Crippen molar-refractivity contribution in [2.45, 2.75) is 26.2 Å². The Labute approximate surface area is 202 Å². The molecule has 0 bridgehead atoms. The molecule has 0 radical (unpaired) electrons. The molecule has 0 spiro atoms. The van der Waals surface area contributed by atoms with E-state index < -0.39 is 0 Å². The van der Waals surface area contributed by atoms with Gasteiger partial charge in [0.2, 0.25) is 0 Å². The summed E-state index contributed by atoms with van der Waals surface area (Å²) < 4.78 is 5.35. The second kappa shape index (κ2) is 8.66. The molecular weight excluding hydrogens is 444 g/mol. The molecule has 3 N–H and O–H groups in total. The smallest absolute Gasteiger partial charge is 0.270 e. The van der Waals surface area contributed by atoms with Crippen LogP contribution >= 0.6 is 0 Å². The summed E-state index contributed by atoms with van der Waals surface area (Å²) in [6, 6.07) is 8.08. The fourth-order valence-electron chi connectivity index (χ4n) is 5.04. The number of nitrogens with zero attached hydrogens (tertiary/aromatic N) is 3. The van der Waals surface area contributed by atoms with Gasteiger partial charge in [-0.3, -0.25) is 9.59 Å². The minimum absolute atomic E-state index is 0.0686. The third-order valence-electron chi connectivity index (χ3n) is 6.86. The van der Waals surface area contributed by atoms with Gasteiger partial charge >= 0.3 is 0 Å². The van der Waals surface area contributed by atoms with Gasteiger partial charge in [0.1, 0.15) is 23.7 Å². The molecule has 1 aromatic carbocycles. The Morgan fingerprint density at radius 3 is 2.91 bits per heavy atom. The van der Waals surface area contributed by atoms with Crippen molar-refractivity contribution in [3.05, 3.63) is 64.2 Å². The Balaban J connectivity index is 1.35. The number of morpholine rings is 1. The number of aromatic nitrogens is 3. The number of rotatable bonds is 4. The number of anilines is 3. The number of benzene rings is 1. The van der Waals surface area contributed by atoms with E-state index in [1.165, 1.54) is 17.5 Å². The molecule has 2 aromatic heterocycles. The largest absolute Gasteiger partial charge is 0.378 e. The van der Waals surface area contributed by atoms with Crippen molar-refractivity contribution in [2.75, 3.05) is 36.9 Å². The van der Waals surface area contributed by atoms with Gasteiger partial charge in [-0.15, -0.1) is 0 Å². The maximum Gasteiger partial charge on any atom is 0.270 e. The molecule has 1 aliphatic carbocycles. The van der Waals surface area contributed by atoms with Gasteiger partial charge in [0.15, 0.2) is 0 Å². The average molecular weight is 471 g/mol. The summed E-state index contributed by atoms with van der Waals surface area (Å²) in [4.78, 5) is 39.6. The number of hydrogen-bond acceptors (Lipinski definition) is 6. The Morgan fingerprint density at radius 1 is 1.20 bits per heavy atom. The number of aryl methyl sites for hydroxylation is 2. The second-order valence-electron chi connectivity index (χ2n) is 9.06. The zero-order valence-corrected chi connectivity index (χ0v) is 19.5. The Hall–Kier alpha value is -3.98. The highest BCUT2D eigenvalue weighted by atomic mass is 16.5. The summed E-state index contributed by atoms with van der Waals surface area (Å²) in [6.07, 6.45) is 6.46. The molecule has 9 heteroatoms. The molecule has 178 valence electrons. The van der Waals surface area contributed by atoms with Crippen LogP contribution in [0.3, 0.4) is 0 Å². The van der Waals surface area contributed by atoms with Crippen molar-refractivity contribution in [2.24, 2.45) is 0 Å².